The van der Waals surface area contributed by atoms with Gasteiger partial charge in [-0.3, -0.25) is 0 Å². The fourth-order valence-corrected chi connectivity index (χ4v) is 0.0551. The molecular formula is C2H3N3O. The lowest BCUT2D eigenvalue weighted by molar-refractivity contribution is 0.252. The molecule has 0 aromatic heterocycles. The third-order valence-electron chi connectivity index (χ3n) is 0.179. The summed E-state index contributed by atoms with van der Waals surface area (Å²) < 4.78 is 0. The van der Waals surface area contributed by atoms with E-state index in [0.29, 0.717) is 0 Å². The molecule has 0 fully saturated rings. The van der Waals surface area contributed by atoms with Crippen molar-refractivity contribution in [1.82, 2.24) is 5.32 Å². The predicted molar refractivity (Wildman–Crippen MR) is 18.3 cm³/mol. The highest BCUT2D eigenvalue weighted by atomic mass is 16.2. The molecule has 4 nitrogen and oxygen atoms in total. The number of nitrogens with two attached hydrogens (primary N) is 1. The minimum absolute atomic E-state index is 0.822. The Morgan fingerprint density at radius 3 is 2.50 bits per heavy atom. The second-order valence-corrected chi connectivity index (χ2v) is 0.601. The molecule has 0 aliphatic carbocycles. The first-order valence-corrected chi connectivity index (χ1v) is 1.22. The van der Waals surface area contributed by atoms with Gasteiger partial charge in [-0.15, -0.1) is 0 Å². The average Bonchev–Trinajstić information content (AvgIpc) is 1.35. The molecule has 0 aromatic carbocycles. The highest BCUT2D eigenvalue weighted by Crippen LogP contribution is 1.43. The third kappa shape index (κ3) is 2.76. The van der Waals surface area contributed by atoms with Crippen LogP contribution in [-0.4, -0.2) is 6.03 Å². The van der Waals surface area contributed by atoms with Gasteiger partial charge in [0.2, 0.25) is 0 Å². The molecule has 32 valence electrons. The van der Waals surface area contributed by atoms with Crippen molar-refractivity contribution in [3.05, 3.63) is 0 Å². The molecule has 6 heavy (non-hydrogen) atoms. The fourth-order valence-electron chi connectivity index (χ4n) is 0.0551. The van der Waals surface area contributed by atoms with E-state index in [9.17, 15) is 4.79 Å². The van der Waals surface area contributed by atoms with Crippen LogP contribution in [-0.2, 0) is 0 Å². The van der Waals surface area contributed by atoms with E-state index in [-0.39, 0.29) is 0 Å². The smallest absolute Gasteiger partial charge is 0.325 e. The number of primary amides is 1. The van der Waals surface area contributed by atoms with E-state index in [2.05, 4.69) is 5.73 Å². The Labute approximate surface area is 34.5 Å². The highest BCUT2D eigenvalue weighted by Gasteiger charge is 1.79. The highest BCUT2D eigenvalue weighted by molar-refractivity contribution is 5.73. The second kappa shape index (κ2) is 2.03. The van der Waals surface area contributed by atoms with Gasteiger partial charge in [0.15, 0.2) is 6.19 Å². The van der Waals surface area contributed by atoms with Gasteiger partial charge in [0, 0.05) is 0 Å². The number of urea groups is 1. The van der Waals surface area contributed by atoms with Crippen LogP contribution in [0.5, 0.6) is 0 Å². The summed E-state index contributed by atoms with van der Waals surface area (Å²) in [5.74, 6) is 0. The van der Waals surface area contributed by atoms with Crippen LogP contribution >= 0.6 is 0 Å². The summed E-state index contributed by atoms with van der Waals surface area (Å²) >= 11 is 0. The number of nitrogens with one attached hydrogen (secondary N) is 1. The molecule has 2 amide bonds. The molecule has 0 atom stereocenters. The summed E-state index contributed by atoms with van der Waals surface area (Å²) in [5, 5.41) is 9.23. The Bertz CT molecular complexity index is 91.5. The number of carbonyl (C=O) groups is 1. The molecule has 0 rings (SSSR count). The normalized spacial score (nSPS) is 5.83. The Morgan fingerprint density at radius 2 is 2.50 bits per heavy atom. The summed E-state index contributed by atoms with van der Waals surface area (Å²) in [6, 6.07) is -0.822. The van der Waals surface area contributed by atoms with Crippen molar-refractivity contribution in [2.45, 2.75) is 0 Å². The zero-order valence-electron chi connectivity index (χ0n) is 2.93. The summed E-state index contributed by atoms with van der Waals surface area (Å²) in [4.78, 5) is 9.49. The molecule has 0 heterocycles. The van der Waals surface area contributed by atoms with Crippen molar-refractivity contribution < 1.29 is 4.79 Å². The molecule has 0 aliphatic heterocycles. The molecule has 0 aliphatic rings. The number of amides is 2. The van der Waals surface area contributed by atoms with Gasteiger partial charge in [-0.1, -0.05) is 0 Å². The number of nitrogens with zero attached hydrogens (tertiary/aromatic N) is 1. The van der Waals surface area contributed by atoms with Crippen LogP contribution in [0.2, 0.25) is 0 Å². The van der Waals surface area contributed by atoms with Gasteiger partial charge in [-0.25, -0.2) is 10.1 Å². The van der Waals surface area contributed by atoms with Crippen LogP contribution in [0.4, 0.5) is 4.79 Å². The van der Waals surface area contributed by atoms with Gasteiger partial charge in [0.25, 0.3) is 0 Å². The minimum Gasteiger partial charge on any atom is -0.351 e. The third-order valence-corrected chi connectivity index (χ3v) is 0.179. The number of hydrogen-bond acceptors (Lipinski definition) is 2. The van der Waals surface area contributed by atoms with Crippen molar-refractivity contribution in [2.24, 2.45) is 5.73 Å². The van der Waals surface area contributed by atoms with Crippen LogP contribution in [0.1, 0.15) is 0 Å². The first-order chi connectivity index (χ1) is 2.77. The van der Waals surface area contributed by atoms with Gasteiger partial charge in [0.05, 0.1) is 0 Å². The Kier molecular flexibility index (Phi) is 1.61. The van der Waals surface area contributed by atoms with Gasteiger partial charge >= 0.3 is 6.03 Å². The zero-order chi connectivity index (χ0) is 4.99. The van der Waals surface area contributed by atoms with Gasteiger partial charge in [-0.05, 0) is 0 Å². The van der Waals surface area contributed by atoms with Crippen LogP contribution in [0.15, 0.2) is 0 Å². The molecular weight excluding hydrogens is 82.0 g/mol. The van der Waals surface area contributed by atoms with Crippen LogP contribution in [0, 0.1) is 11.5 Å². The maximum Gasteiger partial charge on any atom is 0.325 e. The molecule has 0 aromatic rings. The maximum absolute atomic E-state index is 9.49. The second-order valence-electron chi connectivity index (χ2n) is 0.601. The van der Waals surface area contributed by atoms with E-state index >= 15 is 0 Å². The van der Waals surface area contributed by atoms with Gasteiger partial charge < -0.3 is 5.73 Å². The summed E-state index contributed by atoms with van der Waals surface area (Å²) in [6.07, 6.45) is 1.34. The number of nitriles is 1. The van der Waals surface area contributed by atoms with Gasteiger partial charge in [0.1, 0.15) is 0 Å². The van der Waals surface area contributed by atoms with E-state index in [1.165, 1.54) is 6.19 Å². The topological polar surface area (TPSA) is 78.9 Å². The first-order valence-electron chi connectivity index (χ1n) is 1.22. The SMILES string of the molecule is N#CNC(N)=O. The number of carbonyl (C=O) groups excluding carboxylic acids is 1. The van der Waals surface area contributed by atoms with E-state index in [1.807, 2.05) is 0 Å². The van der Waals surface area contributed by atoms with Crippen molar-refractivity contribution >= 4 is 6.03 Å². The van der Waals surface area contributed by atoms with Crippen molar-refractivity contribution in [1.29, 1.82) is 5.26 Å². The summed E-state index contributed by atoms with van der Waals surface area (Å²) in [6.45, 7) is 0. The molecule has 0 saturated carbocycles. The average molecular weight is 85.1 g/mol. The molecule has 0 bridgehead atoms. The zero-order valence-corrected chi connectivity index (χ0v) is 2.93. The lowest BCUT2D eigenvalue weighted by Gasteiger charge is -1.77. The van der Waals surface area contributed by atoms with Crippen molar-refractivity contribution in [2.75, 3.05) is 0 Å². The Balaban J connectivity index is 3.13. The molecule has 0 saturated heterocycles. The quantitative estimate of drug-likeness (QED) is 0.296. The van der Waals surface area contributed by atoms with Crippen molar-refractivity contribution in [3.63, 3.8) is 0 Å². The van der Waals surface area contributed by atoms with Crippen LogP contribution < -0.4 is 11.1 Å². The van der Waals surface area contributed by atoms with Crippen LogP contribution in [0.25, 0.3) is 0 Å². The molecule has 3 N–H and O–H groups in total. The molecule has 0 radical (unpaired) electrons. The molecule has 0 spiro atoms. The minimum atomic E-state index is -0.822. The molecule has 0 unspecified atom stereocenters. The summed E-state index contributed by atoms with van der Waals surface area (Å²) in [7, 11) is 0. The fraction of sp³-hybridized carbons (Fsp3) is 0. The largest absolute Gasteiger partial charge is 0.351 e. The van der Waals surface area contributed by atoms with E-state index in [4.69, 9.17) is 5.26 Å². The summed E-state index contributed by atoms with van der Waals surface area (Å²) in [5.41, 5.74) is 4.43. The van der Waals surface area contributed by atoms with Crippen LogP contribution in [0.3, 0.4) is 0 Å². The monoisotopic (exact) mass is 85.0 g/mol. The van der Waals surface area contributed by atoms with E-state index < -0.39 is 6.03 Å². The molecule has 4 heteroatoms. The lowest BCUT2D eigenvalue weighted by Crippen LogP contribution is -2.24. The van der Waals surface area contributed by atoms with Gasteiger partial charge in [-0.2, -0.15) is 5.26 Å². The predicted octanol–water partition coefficient (Wildman–Crippen LogP) is -0.864. The van der Waals surface area contributed by atoms with Crippen molar-refractivity contribution in [3.8, 4) is 6.19 Å². The van der Waals surface area contributed by atoms with E-state index in [0.717, 1.165) is 0 Å². The maximum atomic E-state index is 9.49. The Morgan fingerprint density at radius 1 is 2.00 bits per heavy atom. The Hall–Kier alpha value is -1.24. The lowest BCUT2D eigenvalue weighted by atomic mass is 11.0. The first kappa shape index (κ1) is 4.76. The standard InChI is InChI=1S/C2H3N3O/c3-1-5-2(4)6/h(H3,4,5,6). The number of rotatable bonds is 0. The van der Waals surface area contributed by atoms with E-state index in [1.54, 1.807) is 5.32 Å². The number of hydrogen-bond donors (Lipinski definition) is 2.